The highest BCUT2D eigenvalue weighted by atomic mass is 16.5. The Bertz CT molecular complexity index is 1150. The number of hydrogen-bond acceptors (Lipinski definition) is 5. The molecule has 0 radical (unpaired) electrons. The molecule has 0 spiro atoms. The normalized spacial score (nSPS) is 15.4. The van der Waals surface area contributed by atoms with E-state index in [4.69, 9.17) is 9.47 Å². The van der Waals surface area contributed by atoms with Crippen LogP contribution >= 0.6 is 0 Å². The molecule has 0 aliphatic carbocycles. The second-order valence-electron chi connectivity index (χ2n) is 8.79. The van der Waals surface area contributed by atoms with Crippen LogP contribution in [0.2, 0.25) is 0 Å². The van der Waals surface area contributed by atoms with Gasteiger partial charge in [-0.25, -0.2) is 0 Å². The van der Waals surface area contributed by atoms with Crippen LogP contribution in [-0.4, -0.2) is 52.5 Å². The maximum atomic E-state index is 13.4. The topological polar surface area (TPSA) is 87.7 Å². The fourth-order valence-electron chi connectivity index (χ4n) is 4.46. The van der Waals surface area contributed by atoms with Gasteiger partial charge >= 0.3 is 0 Å². The summed E-state index contributed by atoms with van der Waals surface area (Å²) in [4.78, 5) is 15.3. The number of aryl methyl sites for hydroxylation is 2. The van der Waals surface area contributed by atoms with Crippen molar-refractivity contribution in [3.63, 3.8) is 0 Å². The van der Waals surface area contributed by atoms with Crippen LogP contribution in [0.25, 0.3) is 11.3 Å². The van der Waals surface area contributed by atoms with Crippen LogP contribution in [-0.2, 0) is 4.74 Å². The summed E-state index contributed by atoms with van der Waals surface area (Å²) >= 11 is 0. The Balaban J connectivity index is 1.78. The number of ether oxygens (including phenoxy) is 2. The van der Waals surface area contributed by atoms with Gasteiger partial charge in [-0.2, -0.15) is 5.10 Å². The second kappa shape index (κ2) is 9.27. The average Bonchev–Trinajstić information content (AvgIpc) is 3.33. The average molecular weight is 450 g/mol. The molecule has 0 saturated carbocycles. The summed E-state index contributed by atoms with van der Waals surface area (Å²) in [6.07, 6.45) is 0.867. The van der Waals surface area contributed by atoms with E-state index in [0.717, 1.165) is 34.4 Å². The number of rotatable bonds is 8. The van der Waals surface area contributed by atoms with Gasteiger partial charge in [0.25, 0.3) is 5.91 Å². The molecule has 2 N–H and O–H groups in total. The Kier molecular flexibility index (Phi) is 6.42. The molecule has 1 amide bonds. The maximum absolute atomic E-state index is 13.4. The van der Waals surface area contributed by atoms with Gasteiger partial charge in [0.15, 0.2) is 0 Å². The molecule has 1 atom stereocenters. The quantitative estimate of drug-likeness (QED) is 0.484. The van der Waals surface area contributed by atoms with Gasteiger partial charge in [-0.1, -0.05) is 18.2 Å². The minimum absolute atomic E-state index is 0.0991. The van der Waals surface area contributed by atoms with E-state index in [9.17, 15) is 9.90 Å². The third-order valence-corrected chi connectivity index (χ3v) is 5.99. The van der Waals surface area contributed by atoms with Crippen molar-refractivity contribution in [3.8, 4) is 22.8 Å². The van der Waals surface area contributed by atoms with Gasteiger partial charge in [-0.15, -0.1) is 0 Å². The SMILES string of the molecule is COc1ccc(C2c3c(-c4cc(C)cc(C)c4O)n[nH]c3C(=O)N2CCCOC(C)C)cc1. The number of H-pyrrole nitrogens is 1. The zero-order chi connectivity index (χ0) is 23.7. The van der Waals surface area contributed by atoms with Crippen molar-refractivity contribution >= 4 is 5.91 Å². The van der Waals surface area contributed by atoms with Gasteiger partial charge in [-0.3, -0.25) is 9.89 Å². The van der Waals surface area contributed by atoms with Crippen LogP contribution in [0.1, 0.15) is 59.1 Å². The number of amides is 1. The van der Waals surface area contributed by atoms with Crippen molar-refractivity contribution in [1.29, 1.82) is 0 Å². The molecular weight excluding hydrogens is 418 g/mol. The third kappa shape index (κ3) is 4.33. The first kappa shape index (κ1) is 22.9. The van der Waals surface area contributed by atoms with Gasteiger partial charge in [0.1, 0.15) is 22.9 Å². The molecule has 1 aromatic heterocycles. The Hall–Kier alpha value is -3.32. The molecule has 0 bridgehead atoms. The minimum Gasteiger partial charge on any atom is -0.507 e. The van der Waals surface area contributed by atoms with Crippen LogP contribution in [0.3, 0.4) is 0 Å². The molecule has 0 saturated heterocycles. The number of fused-ring (bicyclic) bond motifs is 1. The summed E-state index contributed by atoms with van der Waals surface area (Å²) in [7, 11) is 1.63. The summed E-state index contributed by atoms with van der Waals surface area (Å²) in [5, 5.41) is 18.3. The van der Waals surface area contributed by atoms with Crippen LogP contribution in [0, 0.1) is 13.8 Å². The zero-order valence-electron chi connectivity index (χ0n) is 19.8. The number of benzene rings is 2. The Morgan fingerprint density at radius 2 is 1.91 bits per heavy atom. The van der Waals surface area contributed by atoms with Crippen molar-refractivity contribution in [2.24, 2.45) is 0 Å². The van der Waals surface area contributed by atoms with E-state index in [1.807, 2.05) is 69.0 Å². The number of methoxy groups -OCH3 is 1. The third-order valence-electron chi connectivity index (χ3n) is 5.99. The van der Waals surface area contributed by atoms with Crippen LogP contribution < -0.4 is 4.74 Å². The molecule has 174 valence electrons. The Morgan fingerprint density at radius 1 is 1.18 bits per heavy atom. The highest BCUT2D eigenvalue weighted by molar-refractivity contribution is 6.00. The molecule has 7 heteroatoms. The lowest BCUT2D eigenvalue weighted by molar-refractivity contribution is 0.0601. The number of carbonyl (C=O) groups is 1. The minimum atomic E-state index is -0.327. The molecular formula is C26H31N3O4. The standard InChI is InChI=1S/C26H31N3O4/c1-15(2)33-12-6-11-29-24(18-7-9-19(32-5)10-8-18)21-22(27-28-23(21)26(29)31)20-14-16(3)13-17(4)25(20)30/h7-10,13-15,24,30H,6,11-12H2,1-5H3,(H,27,28). The fraction of sp³-hybridized carbons (Fsp3) is 0.385. The second-order valence-corrected chi connectivity index (χ2v) is 8.79. The van der Waals surface area contributed by atoms with Crippen molar-refractivity contribution in [2.75, 3.05) is 20.3 Å². The first-order valence-corrected chi connectivity index (χ1v) is 11.3. The summed E-state index contributed by atoms with van der Waals surface area (Å²) in [6.45, 7) is 8.97. The number of carbonyl (C=O) groups excluding carboxylic acids is 1. The molecule has 1 unspecified atom stereocenters. The summed E-state index contributed by atoms with van der Waals surface area (Å²) in [5.41, 5.74) is 5.23. The van der Waals surface area contributed by atoms with Crippen LogP contribution in [0.5, 0.6) is 11.5 Å². The Labute approximate surface area is 194 Å². The van der Waals surface area contributed by atoms with E-state index in [0.29, 0.717) is 30.1 Å². The number of hydrogen-bond donors (Lipinski definition) is 2. The zero-order valence-corrected chi connectivity index (χ0v) is 19.8. The van der Waals surface area contributed by atoms with Gasteiger partial charge in [0.2, 0.25) is 0 Å². The summed E-state index contributed by atoms with van der Waals surface area (Å²) in [5.74, 6) is 0.831. The lowest BCUT2D eigenvalue weighted by Gasteiger charge is -2.27. The number of aromatic nitrogens is 2. The molecule has 4 rings (SSSR count). The Morgan fingerprint density at radius 3 is 2.58 bits per heavy atom. The predicted octanol–water partition coefficient (Wildman–Crippen LogP) is 4.77. The molecule has 3 aromatic rings. The van der Waals surface area contributed by atoms with Gasteiger partial charge in [-0.05, 0) is 69.0 Å². The predicted molar refractivity (Wildman–Crippen MR) is 127 cm³/mol. The van der Waals surface area contributed by atoms with Crippen LogP contribution in [0.4, 0.5) is 0 Å². The monoisotopic (exact) mass is 449 g/mol. The lowest BCUT2D eigenvalue weighted by atomic mass is 9.94. The van der Waals surface area contributed by atoms with Crippen molar-refractivity contribution in [3.05, 3.63) is 64.3 Å². The van der Waals surface area contributed by atoms with E-state index >= 15 is 0 Å². The highest BCUT2D eigenvalue weighted by Crippen LogP contribution is 2.45. The number of aromatic amines is 1. The number of aromatic hydroxyl groups is 1. The highest BCUT2D eigenvalue weighted by Gasteiger charge is 2.42. The first-order valence-electron chi connectivity index (χ1n) is 11.3. The van der Waals surface area contributed by atoms with Crippen molar-refractivity contribution in [2.45, 2.75) is 46.3 Å². The van der Waals surface area contributed by atoms with E-state index < -0.39 is 0 Å². The first-order chi connectivity index (χ1) is 15.8. The molecule has 2 heterocycles. The summed E-state index contributed by atoms with van der Waals surface area (Å²) < 4.78 is 11.0. The molecule has 1 aliphatic heterocycles. The molecule has 1 aliphatic rings. The van der Waals surface area contributed by atoms with Gasteiger partial charge in [0.05, 0.1) is 19.3 Å². The number of phenols is 1. The molecule has 7 nitrogen and oxygen atoms in total. The van der Waals surface area contributed by atoms with Gasteiger partial charge < -0.3 is 19.5 Å². The van der Waals surface area contributed by atoms with E-state index in [1.54, 1.807) is 7.11 Å². The fourth-order valence-corrected chi connectivity index (χ4v) is 4.46. The van der Waals surface area contributed by atoms with E-state index in [1.165, 1.54) is 0 Å². The van der Waals surface area contributed by atoms with Crippen LogP contribution in [0.15, 0.2) is 36.4 Å². The number of nitrogens with zero attached hydrogens (tertiary/aromatic N) is 2. The van der Waals surface area contributed by atoms with E-state index in [-0.39, 0.29) is 23.8 Å². The smallest absolute Gasteiger partial charge is 0.273 e. The summed E-state index contributed by atoms with van der Waals surface area (Å²) in [6, 6.07) is 11.2. The lowest BCUT2D eigenvalue weighted by Crippen LogP contribution is -2.31. The van der Waals surface area contributed by atoms with Crippen molar-refractivity contribution < 1.29 is 19.4 Å². The number of nitrogens with one attached hydrogen (secondary N) is 1. The van der Waals surface area contributed by atoms with Gasteiger partial charge in [0, 0.05) is 24.3 Å². The molecule has 2 aromatic carbocycles. The molecule has 0 fully saturated rings. The largest absolute Gasteiger partial charge is 0.507 e. The van der Waals surface area contributed by atoms with E-state index in [2.05, 4.69) is 10.2 Å². The van der Waals surface area contributed by atoms with Crippen molar-refractivity contribution in [1.82, 2.24) is 15.1 Å². The molecule has 33 heavy (non-hydrogen) atoms. The maximum Gasteiger partial charge on any atom is 0.273 e. The number of phenolic OH excluding ortho intramolecular Hbond substituents is 1.